The molecule has 1 saturated heterocycles. The van der Waals surface area contributed by atoms with Crippen molar-refractivity contribution in [1.82, 2.24) is 4.90 Å². The molecule has 0 aromatic heterocycles. The van der Waals surface area contributed by atoms with Crippen LogP contribution in [0.4, 0.5) is 0 Å². The number of aldehydes is 1. The number of hydrogen-bond donors (Lipinski definition) is 0. The Balaban J connectivity index is 1.66. The first-order chi connectivity index (χ1) is 12.8. The second-order valence-corrected chi connectivity index (χ2v) is 6.38. The van der Waals surface area contributed by atoms with Gasteiger partial charge in [0.15, 0.2) is 5.88 Å². The van der Waals surface area contributed by atoms with Crippen LogP contribution < -0.4 is 4.74 Å². The molecule has 4 nitrogen and oxygen atoms in total. The fourth-order valence-corrected chi connectivity index (χ4v) is 3.28. The van der Waals surface area contributed by atoms with Crippen molar-refractivity contribution in [2.75, 3.05) is 26.3 Å². The molecule has 0 spiro atoms. The van der Waals surface area contributed by atoms with E-state index in [0.717, 1.165) is 47.7 Å². The zero-order valence-electron chi connectivity index (χ0n) is 14.5. The SMILES string of the molecule is O=CC1C=C(N2CCOCC2)Oc2c(C=Cc3ccccc3)cccc21. The number of nitrogens with zero attached hydrogens (tertiary/aromatic N) is 1. The Kier molecular flexibility index (Phi) is 4.84. The number of allylic oxidation sites excluding steroid dienone is 1. The van der Waals surface area contributed by atoms with Gasteiger partial charge in [-0.15, -0.1) is 0 Å². The first-order valence-corrected chi connectivity index (χ1v) is 8.89. The minimum Gasteiger partial charge on any atom is -0.441 e. The molecule has 0 bridgehead atoms. The minimum absolute atomic E-state index is 0.290. The smallest absolute Gasteiger partial charge is 0.193 e. The number of carbonyl (C=O) groups is 1. The molecule has 26 heavy (non-hydrogen) atoms. The fourth-order valence-electron chi connectivity index (χ4n) is 3.28. The molecule has 0 N–H and O–H groups in total. The van der Waals surface area contributed by atoms with E-state index in [4.69, 9.17) is 9.47 Å². The average Bonchev–Trinajstić information content (AvgIpc) is 2.72. The summed E-state index contributed by atoms with van der Waals surface area (Å²) < 4.78 is 11.7. The van der Waals surface area contributed by atoms with Crippen molar-refractivity contribution in [1.29, 1.82) is 0 Å². The highest BCUT2D eigenvalue weighted by molar-refractivity contribution is 5.77. The van der Waals surface area contributed by atoms with E-state index in [1.165, 1.54) is 0 Å². The Labute approximate surface area is 153 Å². The predicted molar refractivity (Wildman–Crippen MR) is 102 cm³/mol. The summed E-state index contributed by atoms with van der Waals surface area (Å²) in [4.78, 5) is 13.8. The quantitative estimate of drug-likeness (QED) is 0.624. The van der Waals surface area contributed by atoms with Crippen LogP contribution in [0.1, 0.15) is 22.6 Å². The summed E-state index contributed by atoms with van der Waals surface area (Å²) in [5.41, 5.74) is 3.00. The number of para-hydroxylation sites is 1. The first-order valence-electron chi connectivity index (χ1n) is 8.89. The summed E-state index contributed by atoms with van der Waals surface area (Å²) in [6.07, 6.45) is 6.98. The van der Waals surface area contributed by atoms with Gasteiger partial charge in [0, 0.05) is 24.2 Å². The van der Waals surface area contributed by atoms with E-state index in [-0.39, 0.29) is 5.92 Å². The zero-order chi connectivity index (χ0) is 17.8. The maximum atomic E-state index is 11.7. The van der Waals surface area contributed by atoms with Gasteiger partial charge in [-0.05, 0) is 11.6 Å². The van der Waals surface area contributed by atoms with Crippen LogP contribution in [0, 0.1) is 0 Å². The van der Waals surface area contributed by atoms with Crippen molar-refractivity contribution in [3.8, 4) is 5.75 Å². The Morgan fingerprint density at radius 3 is 2.54 bits per heavy atom. The van der Waals surface area contributed by atoms with Crippen LogP contribution in [0.3, 0.4) is 0 Å². The second-order valence-electron chi connectivity index (χ2n) is 6.38. The van der Waals surface area contributed by atoms with Gasteiger partial charge in [-0.3, -0.25) is 0 Å². The van der Waals surface area contributed by atoms with Crippen molar-refractivity contribution < 1.29 is 14.3 Å². The van der Waals surface area contributed by atoms with Gasteiger partial charge in [-0.1, -0.05) is 60.7 Å². The van der Waals surface area contributed by atoms with Crippen LogP contribution in [0.25, 0.3) is 12.2 Å². The lowest BCUT2D eigenvalue weighted by Gasteiger charge is -2.34. The van der Waals surface area contributed by atoms with Gasteiger partial charge in [0.2, 0.25) is 0 Å². The van der Waals surface area contributed by atoms with E-state index in [1.54, 1.807) is 0 Å². The maximum absolute atomic E-state index is 11.7. The van der Waals surface area contributed by atoms with Gasteiger partial charge < -0.3 is 19.2 Å². The molecule has 132 valence electrons. The van der Waals surface area contributed by atoms with E-state index in [0.29, 0.717) is 13.2 Å². The van der Waals surface area contributed by atoms with Gasteiger partial charge in [0.05, 0.1) is 19.1 Å². The monoisotopic (exact) mass is 347 g/mol. The molecular weight excluding hydrogens is 326 g/mol. The van der Waals surface area contributed by atoms with Gasteiger partial charge in [0.1, 0.15) is 12.0 Å². The molecule has 1 fully saturated rings. The number of carbonyl (C=O) groups excluding carboxylic acids is 1. The molecule has 2 aliphatic heterocycles. The summed E-state index contributed by atoms with van der Waals surface area (Å²) in [5, 5.41) is 0. The molecule has 4 heteroatoms. The molecule has 4 rings (SSSR count). The molecule has 1 atom stereocenters. The molecule has 0 amide bonds. The highest BCUT2D eigenvalue weighted by Crippen LogP contribution is 2.38. The number of benzene rings is 2. The van der Waals surface area contributed by atoms with E-state index < -0.39 is 0 Å². The Morgan fingerprint density at radius 2 is 1.77 bits per heavy atom. The number of fused-ring (bicyclic) bond motifs is 1. The van der Waals surface area contributed by atoms with Crippen LogP contribution in [0.2, 0.25) is 0 Å². The lowest BCUT2D eigenvalue weighted by Crippen LogP contribution is -2.38. The molecule has 0 saturated carbocycles. The molecule has 2 aromatic carbocycles. The van der Waals surface area contributed by atoms with Crippen molar-refractivity contribution in [2.45, 2.75) is 5.92 Å². The molecule has 0 aliphatic carbocycles. The summed E-state index contributed by atoms with van der Waals surface area (Å²) in [5.74, 6) is 1.22. The van der Waals surface area contributed by atoms with Gasteiger partial charge in [-0.25, -0.2) is 0 Å². The zero-order valence-corrected chi connectivity index (χ0v) is 14.5. The van der Waals surface area contributed by atoms with Gasteiger partial charge >= 0.3 is 0 Å². The summed E-state index contributed by atoms with van der Waals surface area (Å²) >= 11 is 0. The molecular formula is C22H21NO3. The van der Waals surface area contributed by atoms with Gasteiger partial charge in [0.25, 0.3) is 0 Å². The Hall–Kier alpha value is -2.85. The molecule has 0 radical (unpaired) electrons. The topological polar surface area (TPSA) is 38.8 Å². The summed E-state index contributed by atoms with van der Waals surface area (Å²) in [6, 6.07) is 16.1. The lowest BCUT2D eigenvalue weighted by molar-refractivity contribution is -0.108. The number of rotatable bonds is 4. The Morgan fingerprint density at radius 1 is 0.962 bits per heavy atom. The number of morpholine rings is 1. The molecule has 1 unspecified atom stereocenters. The Bertz CT molecular complexity index is 836. The summed E-state index contributed by atoms with van der Waals surface area (Å²) in [6.45, 7) is 2.90. The highest BCUT2D eigenvalue weighted by Gasteiger charge is 2.27. The normalized spacial score (nSPS) is 19.6. The predicted octanol–water partition coefficient (Wildman–Crippen LogP) is 3.71. The third-order valence-electron chi connectivity index (χ3n) is 4.69. The fraction of sp³-hybridized carbons (Fsp3) is 0.227. The first kappa shape index (κ1) is 16.6. The lowest BCUT2D eigenvalue weighted by atomic mass is 9.94. The highest BCUT2D eigenvalue weighted by atomic mass is 16.5. The minimum atomic E-state index is -0.290. The van der Waals surface area contributed by atoms with E-state index in [2.05, 4.69) is 23.1 Å². The van der Waals surface area contributed by atoms with Crippen molar-refractivity contribution in [2.24, 2.45) is 0 Å². The molecule has 2 aromatic rings. The maximum Gasteiger partial charge on any atom is 0.193 e. The second kappa shape index (κ2) is 7.58. The third-order valence-corrected chi connectivity index (χ3v) is 4.69. The third kappa shape index (κ3) is 3.41. The van der Waals surface area contributed by atoms with Crippen molar-refractivity contribution in [3.63, 3.8) is 0 Å². The average molecular weight is 347 g/mol. The number of hydrogen-bond acceptors (Lipinski definition) is 4. The molecule has 2 heterocycles. The summed E-state index contributed by atoms with van der Waals surface area (Å²) in [7, 11) is 0. The van der Waals surface area contributed by atoms with Gasteiger partial charge in [-0.2, -0.15) is 0 Å². The van der Waals surface area contributed by atoms with Crippen LogP contribution in [0.15, 0.2) is 60.5 Å². The molecule has 2 aliphatic rings. The van der Waals surface area contributed by atoms with Crippen LogP contribution in [-0.4, -0.2) is 37.5 Å². The van der Waals surface area contributed by atoms with Crippen LogP contribution in [0.5, 0.6) is 5.75 Å². The van der Waals surface area contributed by atoms with Crippen LogP contribution in [-0.2, 0) is 9.53 Å². The largest absolute Gasteiger partial charge is 0.441 e. The number of ether oxygens (including phenoxy) is 2. The van der Waals surface area contributed by atoms with Crippen molar-refractivity contribution >= 4 is 18.4 Å². The van der Waals surface area contributed by atoms with E-state index in [1.807, 2.05) is 48.6 Å². The van der Waals surface area contributed by atoms with E-state index >= 15 is 0 Å². The standard InChI is InChI=1S/C22H21NO3/c24-16-19-15-21(23-11-13-25-14-12-23)26-22-18(7-4-8-20(19)22)10-9-17-5-2-1-3-6-17/h1-10,15-16,19H,11-14H2. The van der Waals surface area contributed by atoms with E-state index in [9.17, 15) is 4.79 Å². The van der Waals surface area contributed by atoms with Crippen LogP contribution >= 0.6 is 0 Å². The van der Waals surface area contributed by atoms with Crippen molar-refractivity contribution in [3.05, 3.63) is 77.2 Å².